The fraction of sp³-hybridized carbons (Fsp3) is 0.400. The smallest absolute Gasteiger partial charge is 0.354 e. The van der Waals surface area contributed by atoms with Crippen LogP contribution >= 0.6 is 11.8 Å². The lowest BCUT2D eigenvalue weighted by Gasteiger charge is -2.36. The number of fused-ring (bicyclic) bond motifs is 1. The third-order valence-corrected chi connectivity index (χ3v) is 5.67. The van der Waals surface area contributed by atoms with E-state index in [1.165, 1.54) is 16.7 Å². The van der Waals surface area contributed by atoms with Crippen molar-refractivity contribution in [2.45, 2.75) is 19.2 Å². The maximum absolute atomic E-state index is 11.8. The van der Waals surface area contributed by atoms with Crippen LogP contribution < -0.4 is 0 Å². The standard InChI is InChI=1S/C10H11NO4S2/c1-3-5-7(12)11-6(9(13)14)10(16-8(5)11)17(15)4-2/h3,8H,4H2,1-2H3,(H,13,14)/t8-,17?/m0/s1. The molecule has 0 aromatic carbocycles. The molecule has 2 aliphatic heterocycles. The predicted molar refractivity (Wildman–Crippen MR) is 65.3 cm³/mol. The Labute approximate surface area is 105 Å². The van der Waals surface area contributed by atoms with Crippen molar-refractivity contribution in [1.82, 2.24) is 4.90 Å². The average Bonchev–Trinajstić information content (AvgIpc) is 2.64. The van der Waals surface area contributed by atoms with Crippen molar-refractivity contribution < 1.29 is 18.9 Å². The molecule has 1 amide bonds. The largest absolute Gasteiger partial charge is 0.477 e. The maximum atomic E-state index is 11.8. The van der Waals surface area contributed by atoms with Gasteiger partial charge in [-0.05, 0) is 6.92 Å². The van der Waals surface area contributed by atoms with Crippen LogP contribution in [0.1, 0.15) is 13.8 Å². The summed E-state index contributed by atoms with van der Waals surface area (Å²) in [7, 11) is -1.35. The summed E-state index contributed by atoms with van der Waals surface area (Å²) in [5, 5.41) is 8.81. The Hall–Kier alpha value is -1.08. The van der Waals surface area contributed by atoms with Gasteiger partial charge < -0.3 is 5.11 Å². The third-order valence-electron chi connectivity index (χ3n) is 2.60. The van der Waals surface area contributed by atoms with Gasteiger partial charge in [0.05, 0.1) is 10.8 Å². The summed E-state index contributed by atoms with van der Waals surface area (Å²) >= 11 is 1.20. The average molecular weight is 273 g/mol. The first-order chi connectivity index (χ1) is 8.02. The Balaban J connectivity index is 2.43. The molecule has 1 fully saturated rings. The highest BCUT2D eigenvalue weighted by Crippen LogP contribution is 2.49. The van der Waals surface area contributed by atoms with Gasteiger partial charge in [-0.1, -0.05) is 24.8 Å². The van der Waals surface area contributed by atoms with Gasteiger partial charge in [0.25, 0.3) is 5.91 Å². The first-order valence-corrected chi connectivity index (χ1v) is 7.25. The van der Waals surface area contributed by atoms with Crippen molar-refractivity contribution >= 4 is 34.4 Å². The predicted octanol–water partition coefficient (Wildman–Crippen LogP) is 0.870. The number of amides is 1. The van der Waals surface area contributed by atoms with Crippen LogP contribution in [0.5, 0.6) is 0 Å². The molecule has 1 unspecified atom stereocenters. The quantitative estimate of drug-likeness (QED) is 0.610. The zero-order valence-electron chi connectivity index (χ0n) is 9.30. The fourth-order valence-electron chi connectivity index (χ4n) is 1.76. The number of rotatable bonds is 3. The molecule has 0 aromatic heterocycles. The molecule has 0 bridgehead atoms. The van der Waals surface area contributed by atoms with E-state index in [0.717, 1.165) is 0 Å². The van der Waals surface area contributed by atoms with Crippen LogP contribution in [0.15, 0.2) is 21.6 Å². The third kappa shape index (κ3) is 1.64. The highest BCUT2D eigenvalue weighted by molar-refractivity contribution is 8.17. The molecule has 1 saturated heterocycles. The van der Waals surface area contributed by atoms with Crippen molar-refractivity contribution in [1.29, 1.82) is 0 Å². The van der Waals surface area contributed by atoms with Gasteiger partial charge in [-0.25, -0.2) is 4.79 Å². The van der Waals surface area contributed by atoms with E-state index in [0.29, 0.717) is 15.6 Å². The van der Waals surface area contributed by atoms with Crippen molar-refractivity contribution in [2.75, 3.05) is 5.75 Å². The number of β-lactam (4-membered cyclic amide) rings is 1. The van der Waals surface area contributed by atoms with Crippen molar-refractivity contribution in [3.05, 3.63) is 21.6 Å². The van der Waals surface area contributed by atoms with Crippen LogP contribution in [-0.4, -0.2) is 37.2 Å². The molecule has 0 aliphatic carbocycles. The molecule has 2 heterocycles. The number of hydrogen-bond acceptors (Lipinski definition) is 4. The van der Waals surface area contributed by atoms with Gasteiger partial charge in [0.2, 0.25) is 0 Å². The van der Waals surface area contributed by atoms with Crippen LogP contribution in [0.4, 0.5) is 0 Å². The number of thioether (sulfide) groups is 1. The van der Waals surface area contributed by atoms with Gasteiger partial charge in [-0.15, -0.1) is 0 Å². The Morgan fingerprint density at radius 2 is 2.29 bits per heavy atom. The molecule has 0 radical (unpaired) electrons. The lowest BCUT2D eigenvalue weighted by Crippen LogP contribution is -2.51. The van der Waals surface area contributed by atoms with Gasteiger partial charge in [0, 0.05) is 11.3 Å². The Morgan fingerprint density at radius 3 is 2.76 bits per heavy atom. The number of allylic oxidation sites excluding steroid dienone is 1. The number of hydrogen-bond donors (Lipinski definition) is 1. The summed E-state index contributed by atoms with van der Waals surface area (Å²) in [6.07, 6.45) is 1.67. The number of aliphatic carboxylic acids is 1. The molecule has 2 rings (SSSR count). The van der Waals surface area contributed by atoms with E-state index in [1.54, 1.807) is 19.9 Å². The fourth-order valence-corrected chi connectivity index (χ4v) is 4.65. The van der Waals surface area contributed by atoms with E-state index in [1.807, 2.05) is 0 Å². The van der Waals surface area contributed by atoms with Crippen LogP contribution in [0.3, 0.4) is 0 Å². The van der Waals surface area contributed by atoms with Crippen molar-refractivity contribution in [3.63, 3.8) is 0 Å². The van der Waals surface area contributed by atoms with Crippen LogP contribution in [0.25, 0.3) is 0 Å². The van der Waals surface area contributed by atoms with Crippen LogP contribution in [-0.2, 0) is 20.4 Å². The molecular formula is C10H11NO4S2. The summed E-state index contributed by atoms with van der Waals surface area (Å²) in [5.74, 6) is -1.15. The van der Waals surface area contributed by atoms with Crippen LogP contribution in [0.2, 0.25) is 0 Å². The second kappa shape index (κ2) is 4.30. The minimum Gasteiger partial charge on any atom is -0.477 e. The maximum Gasteiger partial charge on any atom is 0.354 e. The topological polar surface area (TPSA) is 74.7 Å². The summed E-state index contributed by atoms with van der Waals surface area (Å²) in [5.41, 5.74) is 0.465. The van der Waals surface area contributed by atoms with Gasteiger partial charge in [0.1, 0.15) is 9.61 Å². The summed E-state index contributed by atoms with van der Waals surface area (Å²) in [4.78, 5) is 24.1. The van der Waals surface area contributed by atoms with Crippen LogP contribution in [0, 0.1) is 0 Å². The zero-order chi connectivity index (χ0) is 12.7. The molecule has 92 valence electrons. The molecule has 0 aromatic rings. The number of carbonyl (C=O) groups is 2. The molecule has 2 aliphatic rings. The van der Waals surface area contributed by atoms with Gasteiger partial charge in [-0.2, -0.15) is 0 Å². The second-order valence-corrected chi connectivity index (χ2v) is 6.49. The highest BCUT2D eigenvalue weighted by atomic mass is 32.2. The number of carbonyl (C=O) groups excluding carboxylic acids is 1. The molecule has 1 N–H and O–H groups in total. The molecular weight excluding hydrogens is 262 g/mol. The number of carboxylic acids is 1. The Bertz CT molecular complexity index is 493. The van der Waals surface area contributed by atoms with Crippen molar-refractivity contribution in [2.24, 2.45) is 0 Å². The Morgan fingerprint density at radius 1 is 1.65 bits per heavy atom. The zero-order valence-corrected chi connectivity index (χ0v) is 10.9. The second-order valence-electron chi connectivity index (χ2n) is 3.46. The van der Waals surface area contributed by atoms with E-state index < -0.39 is 16.8 Å². The first-order valence-electron chi connectivity index (χ1n) is 5.05. The summed E-state index contributed by atoms with van der Waals surface area (Å²) < 4.78 is 12.1. The van der Waals surface area contributed by atoms with E-state index in [9.17, 15) is 13.8 Å². The first kappa shape index (κ1) is 12.4. The number of carboxylic acid groups (broad SMARTS) is 1. The van der Waals surface area contributed by atoms with E-state index in [4.69, 9.17) is 5.11 Å². The van der Waals surface area contributed by atoms with E-state index >= 15 is 0 Å². The lowest BCUT2D eigenvalue weighted by molar-refractivity contribution is -0.141. The normalized spacial score (nSPS) is 27.2. The van der Waals surface area contributed by atoms with Crippen molar-refractivity contribution in [3.8, 4) is 0 Å². The van der Waals surface area contributed by atoms with Gasteiger partial charge in [0.15, 0.2) is 5.70 Å². The molecule has 5 nitrogen and oxygen atoms in total. The van der Waals surface area contributed by atoms with E-state index in [2.05, 4.69) is 0 Å². The molecule has 0 saturated carbocycles. The lowest BCUT2D eigenvalue weighted by atomic mass is 10.1. The van der Waals surface area contributed by atoms with E-state index in [-0.39, 0.29) is 17.0 Å². The minimum absolute atomic E-state index is 0.115. The van der Waals surface area contributed by atoms with Gasteiger partial charge in [-0.3, -0.25) is 13.9 Å². The monoisotopic (exact) mass is 273 g/mol. The number of nitrogens with zero attached hydrogens (tertiary/aromatic N) is 1. The molecule has 7 heteroatoms. The minimum atomic E-state index is -1.35. The van der Waals surface area contributed by atoms with Gasteiger partial charge >= 0.3 is 5.97 Å². The SMILES string of the molecule is CC=C1C(=O)N2C(C(=O)O)=C(S(=O)CC)S[C@@H]12. The molecule has 0 spiro atoms. The summed E-state index contributed by atoms with van der Waals surface area (Å²) in [6.45, 7) is 3.46. The molecule has 17 heavy (non-hydrogen) atoms. The highest BCUT2D eigenvalue weighted by Gasteiger charge is 2.53. The molecule has 2 atom stereocenters. The summed E-state index contributed by atoms with van der Waals surface area (Å²) in [6, 6.07) is 0. The Kier molecular flexibility index (Phi) is 3.13.